The molecular formula is C12H15NO2. The van der Waals surface area contributed by atoms with E-state index in [1.54, 1.807) is 13.0 Å². The largest absolute Gasteiger partial charge is 0.478 e. The van der Waals surface area contributed by atoms with Crippen LogP contribution in [0, 0.1) is 6.92 Å². The highest BCUT2D eigenvalue weighted by molar-refractivity contribution is 5.88. The third-order valence-electron chi connectivity index (χ3n) is 3.17. The van der Waals surface area contributed by atoms with Gasteiger partial charge in [-0.15, -0.1) is 0 Å². The Hall–Kier alpha value is -1.38. The van der Waals surface area contributed by atoms with E-state index in [2.05, 4.69) is 4.98 Å². The Morgan fingerprint density at radius 1 is 1.47 bits per heavy atom. The van der Waals surface area contributed by atoms with Gasteiger partial charge >= 0.3 is 5.97 Å². The molecule has 1 aliphatic carbocycles. The van der Waals surface area contributed by atoms with Crippen molar-refractivity contribution in [3.05, 3.63) is 29.1 Å². The lowest BCUT2D eigenvalue weighted by Gasteiger charge is -2.10. The highest BCUT2D eigenvalue weighted by Crippen LogP contribution is 2.34. The number of aromatic carboxylic acids is 1. The van der Waals surface area contributed by atoms with Crippen LogP contribution in [0.3, 0.4) is 0 Å². The first-order valence-electron chi connectivity index (χ1n) is 5.38. The summed E-state index contributed by atoms with van der Waals surface area (Å²) < 4.78 is 0. The Bertz CT molecular complexity index is 381. The molecule has 0 atom stereocenters. The molecule has 0 aliphatic heterocycles. The van der Waals surface area contributed by atoms with Crippen molar-refractivity contribution in [3.63, 3.8) is 0 Å². The van der Waals surface area contributed by atoms with Crippen LogP contribution in [-0.4, -0.2) is 16.1 Å². The van der Waals surface area contributed by atoms with Gasteiger partial charge in [0.1, 0.15) is 0 Å². The topological polar surface area (TPSA) is 50.2 Å². The summed E-state index contributed by atoms with van der Waals surface area (Å²) in [5, 5.41) is 8.99. The summed E-state index contributed by atoms with van der Waals surface area (Å²) in [6.07, 6.45) is 6.67. The number of nitrogens with zero attached hydrogens (tertiary/aromatic N) is 1. The van der Waals surface area contributed by atoms with E-state index in [4.69, 9.17) is 5.11 Å². The number of aryl methyl sites for hydroxylation is 1. The molecule has 1 fully saturated rings. The van der Waals surface area contributed by atoms with Gasteiger partial charge in [-0.2, -0.15) is 0 Å². The first-order valence-corrected chi connectivity index (χ1v) is 5.38. The Kier molecular flexibility index (Phi) is 2.71. The molecule has 0 radical (unpaired) electrons. The monoisotopic (exact) mass is 205 g/mol. The summed E-state index contributed by atoms with van der Waals surface area (Å²) in [5.41, 5.74) is 2.04. The fourth-order valence-electron chi connectivity index (χ4n) is 2.25. The number of pyridine rings is 1. The van der Waals surface area contributed by atoms with E-state index in [9.17, 15) is 4.79 Å². The molecule has 1 aromatic heterocycles. The maximum atomic E-state index is 10.9. The first-order chi connectivity index (χ1) is 7.18. The highest BCUT2D eigenvalue weighted by atomic mass is 16.4. The average molecular weight is 205 g/mol. The maximum Gasteiger partial charge on any atom is 0.337 e. The second kappa shape index (κ2) is 4.01. The van der Waals surface area contributed by atoms with Crippen molar-refractivity contribution >= 4 is 5.97 Å². The number of rotatable bonds is 2. The van der Waals surface area contributed by atoms with Gasteiger partial charge in [0.25, 0.3) is 0 Å². The van der Waals surface area contributed by atoms with Gasteiger partial charge in [0.2, 0.25) is 0 Å². The molecule has 1 aromatic rings. The normalized spacial score (nSPS) is 16.9. The summed E-state index contributed by atoms with van der Waals surface area (Å²) in [4.78, 5) is 15.1. The van der Waals surface area contributed by atoms with E-state index >= 15 is 0 Å². The van der Waals surface area contributed by atoms with Crippen molar-refractivity contribution in [2.45, 2.75) is 38.5 Å². The van der Waals surface area contributed by atoms with Gasteiger partial charge in [0.15, 0.2) is 0 Å². The predicted molar refractivity (Wildman–Crippen MR) is 57.1 cm³/mol. The third-order valence-corrected chi connectivity index (χ3v) is 3.17. The van der Waals surface area contributed by atoms with Crippen LogP contribution in [0.5, 0.6) is 0 Å². The van der Waals surface area contributed by atoms with Crippen molar-refractivity contribution in [2.24, 2.45) is 0 Å². The van der Waals surface area contributed by atoms with Crippen molar-refractivity contribution in [3.8, 4) is 0 Å². The molecule has 80 valence electrons. The van der Waals surface area contributed by atoms with Gasteiger partial charge in [-0.3, -0.25) is 4.98 Å². The van der Waals surface area contributed by atoms with Crippen molar-refractivity contribution < 1.29 is 9.90 Å². The SMILES string of the molecule is Cc1ncc(C2CCCC2)cc1C(=O)O. The standard InChI is InChI=1S/C12H15NO2/c1-8-11(12(14)15)6-10(7-13-8)9-4-2-3-5-9/h6-7,9H,2-5H2,1H3,(H,14,15). The minimum absolute atomic E-state index is 0.347. The zero-order valence-electron chi connectivity index (χ0n) is 8.86. The molecule has 1 saturated carbocycles. The number of hydrogen-bond donors (Lipinski definition) is 1. The molecule has 15 heavy (non-hydrogen) atoms. The van der Waals surface area contributed by atoms with Crippen molar-refractivity contribution in [1.29, 1.82) is 0 Å². The predicted octanol–water partition coefficient (Wildman–Crippen LogP) is 2.75. The summed E-state index contributed by atoms with van der Waals surface area (Å²) >= 11 is 0. The van der Waals surface area contributed by atoms with Gasteiger partial charge in [-0.25, -0.2) is 4.79 Å². The summed E-state index contributed by atoms with van der Waals surface area (Å²) in [6.45, 7) is 1.74. The molecule has 1 aliphatic rings. The van der Waals surface area contributed by atoms with Crippen molar-refractivity contribution in [1.82, 2.24) is 4.98 Å². The van der Waals surface area contributed by atoms with Gasteiger partial charge in [0.05, 0.1) is 11.3 Å². The Morgan fingerprint density at radius 3 is 2.73 bits per heavy atom. The number of aromatic nitrogens is 1. The van der Waals surface area contributed by atoms with E-state index in [1.807, 2.05) is 6.20 Å². The second-order valence-corrected chi connectivity index (χ2v) is 4.19. The lowest BCUT2D eigenvalue weighted by atomic mass is 9.97. The van der Waals surface area contributed by atoms with Crippen LogP contribution in [-0.2, 0) is 0 Å². The van der Waals surface area contributed by atoms with Crippen LogP contribution < -0.4 is 0 Å². The minimum atomic E-state index is -0.875. The first kappa shape index (κ1) is 10.1. The molecule has 0 spiro atoms. The van der Waals surface area contributed by atoms with Crippen LogP contribution in [0.1, 0.15) is 53.2 Å². The van der Waals surface area contributed by atoms with Crippen molar-refractivity contribution in [2.75, 3.05) is 0 Å². The zero-order valence-corrected chi connectivity index (χ0v) is 8.86. The molecular weight excluding hydrogens is 190 g/mol. The lowest BCUT2D eigenvalue weighted by Crippen LogP contribution is -2.04. The molecule has 1 heterocycles. The van der Waals surface area contributed by atoms with Crippen LogP contribution in [0.2, 0.25) is 0 Å². The Balaban J connectivity index is 2.33. The average Bonchev–Trinajstić information content (AvgIpc) is 2.71. The molecule has 3 nitrogen and oxygen atoms in total. The highest BCUT2D eigenvalue weighted by Gasteiger charge is 2.19. The molecule has 3 heteroatoms. The molecule has 0 saturated heterocycles. The molecule has 0 aromatic carbocycles. The lowest BCUT2D eigenvalue weighted by molar-refractivity contribution is 0.0695. The smallest absolute Gasteiger partial charge is 0.337 e. The third kappa shape index (κ3) is 2.01. The van der Waals surface area contributed by atoms with Gasteiger partial charge in [0, 0.05) is 6.20 Å². The van der Waals surface area contributed by atoms with Gasteiger partial charge < -0.3 is 5.11 Å². The minimum Gasteiger partial charge on any atom is -0.478 e. The zero-order chi connectivity index (χ0) is 10.8. The van der Waals surface area contributed by atoms with Gasteiger partial charge in [-0.1, -0.05) is 12.8 Å². The molecule has 0 amide bonds. The van der Waals surface area contributed by atoms with E-state index < -0.39 is 5.97 Å². The van der Waals surface area contributed by atoms with E-state index in [0.717, 1.165) is 5.56 Å². The van der Waals surface area contributed by atoms with E-state index in [0.29, 0.717) is 17.2 Å². The van der Waals surface area contributed by atoms with Crippen LogP contribution in [0.4, 0.5) is 0 Å². The fourth-order valence-corrected chi connectivity index (χ4v) is 2.25. The molecule has 1 N–H and O–H groups in total. The molecule has 0 bridgehead atoms. The summed E-state index contributed by atoms with van der Waals surface area (Å²) in [6, 6.07) is 1.79. The number of hydrogen-bond acceptors (Lipinski definition) is 2. The summed E-state index contributed by atoms with van der Waals surface area (Å²) in [5.74, 6) is -0.351. The summed E-state index contributed by atoms with van der Waals surface area (Å²) in [7, 11) is 0. The van der Waals surface area contributed by atoms with E-state index in [-0.39, 0.29) is 0 Å². The number of carboxylic acid groups (broad SMARTS) is 1. The molecule has 2 rings (SSSR count). The maximum absolute atomic E-state index is 10.9. The van der Waals surface area contributed by atoms with Crippen LogP contribution >= 0.6 is 0 Å². The fraction of sp³-hybridized carbons (Fsp3) is 0.500. The van der Waals surface area contributed by atoms with Crippen LogP contribution in [0.15, 0.2) is 12.3 Å². The quantitative estimate of drug-likeness (QED) is 0.807. The van der Waals surface area contributed by atoms with E-state index in [1.165, 1.54) is 25.7 Å². The molecule has 0 unspecified atom stereocenters. The number of carboxylic acids is 1. The van der Waals surface area contributed by atoms with Gasteiger partial charge in [-0.05, 0) is 37.3 Å². The number of carbonyl (C=O) groups is 1. The second-order valence-electron chi connectivity index (χ2n) is 4.19. The van der Waals surface area contributed by atoms with Crippen LogP contribution in [0.25, 0.3) is 0 Å². The Labute approximate surface area is 89.2 Å². The Morgan fingerprint density at radius 2 is 2.13 bits per heavy atom.